The smallest absolute Gasteiger partial charge is 0.372 e. The third-order valence-corrected chi connectivity index (χ3v) is 4.94. The van der Waals surface area contributed by atoms with Gasteiger partial charge in [0.2, 0.25) is 0 Å². The Hall–Kier alpha value is 0.266. The van der Waals surface area contributed by atoms with Gasteiger partial charge >= 0.3 is 18.2 Å². The number of anilines is 1. The van der Waals surface area contributed by atoms with Crippen LogP contribution in [0.3, 0.4) is 0 Å². The van der Waals surface area contributed by atoms with Crippen LogP contribution in [0, 0.1) is 0 Å². The standard InChI is InChI=1S/C10H14N.BrH.Mg/c1-3-11(4-2)10-8-6-5-7-9-10;;/h6-9H,3-4H2,1-2H3;1H;/q;;+1/p-1. The summed E-state index contributed by atoms with van der Waals surface area (Å²) in [6, 6.07) is 8.90. The Balaban J connectivity index is 2.78. The maximum atomic E-state index is 3.58. The van der Waals surface area contributed by atoms with Gasteiger partial charge in [0, 0.05) is 18.8 Å². The lowest BCUT2D eigenvalue weighted by atomic mass is 10.3. The molecule has 0 heterocycles. The molecule has 0 atom stereocenters. The summed E-state index contributed by atoms with van der Waals surface area (Å²) in [5.41, 5.74) is 1.34. The third-order valence-electron chi connectivity index (χ3n) is 2.22. The normalized spacial score (nSPS) is 9.46. The molecule has 0 saturated heterocycles. The van der Waals surface area contributed by atoms with Crippen molar-refractivity contribution in [2.24, 2.45) is 0 Å². The first-order valence-electron chi connectivity index (χ1n) is 4.71. The van der Waals surface area contributed by atoms with Crippen LogP contribution in [0.2, 0.25) is 0 Å². The van der Waals surface area contributed by atoms with E-state index in [2.05, 4.69) is 55.9 Å². The third kappa shape index (κ3) is 3.15. The molecule has 0 bridgehead atoms. The van der Waals surface area contributed by atoms with E-state index in [0.717, 1.165) is 13.1 Å². The summed E-state index contributed by atoms with van der Waals surface area (Å²) in [6.45, 7) is 6.55. The first-order valence-corrected chi connectivity index (χ1v) is 9.32. The largest absolute Gasteiger partial charge is 0.506 e. The summed E-state index contributed by atoms with van der Waals surface area (Å²) in [7, 11) is 0. The van der Waals surface area contributed by atoms with E-state index in [1.54, 1.807) is 0 Å². The average Bonchev–Trinajstić information content (AvgIpc) is 2.21. The molecule has 68 valence electrons. The van der Waals surface area contributed by atoms with Crippen LogP contribution in [0.5, 0.6) is 0 Å². The highest BCUT2D eigenvalue weighted by atomic mass is 79.9. The van der Waals surface area contributed by atoms with Gasteiger partial charge in [-0.1, -0.05) is 12.1 Å². The summed E-state index contributed by atoms with van der Waals surface area (Å²) in [4.78, 5) is 2.36. The maximum absolute atomic E-state index is 3.58. The summed E-state index contributed by atoms with van der Waals surface area (Å²) in [5, 5.41) is 0. The first-order chi connectivity index (χ1) is 6.31. The predicted molar refractivity (Wildman–Crippen MR) is 64.3 cm³/mol. The highest BCUT2D eigenvalue weighted by Gasteiger charge is 2.00. The molecule has 0 amide bonds. The number of benzene rings is 1. The van der Waals surface area contributed by atoms with Crippen LogP contribution in [0.1, 0.15) is 13.8 Å². The molecule has 0 aliphatic rings. The van der Waals surface area contributed by atoms with Crippen LogP contribution in [-0.2, 0) is 0 Å². The van der Waals surface area contributed by atoms with E-state index in [1.807, 2.05) is 0 Å². The summed E-state index contributed by atoms with van der Waals surface area (Å²) in [5.74, 6) is 0. The number of hydrogen-bond acceptors (Lipinski definition) is 1. The van der Waals surface area contributed by atoms with Crippen LogP contribution in [0.25, 0.3) is 0 Å². The van der Waals surface area contributed by atoms with Crippen molar-refractivity contribution in [3.8, 4) is 0 Å². The lowest BCUT2D eigenvalue weighted by molar-refractivity contribution is 0.866. The van der Waals surface area contributed by atoms with Gasteiger partial charge in [-0.3, -0.25) is 12.9 Å². The van der Waals surface area contributed by atoms with Crippen LogP contribution in [0.15, 0.2) is 24.3 Å². The van der Waals surface area contributed by atoms with E-state index < -0.39 is 0 Å². The topological polar surface area (TPSA) is 3.24 Å². The highest BCUT2D eigenvalue weighted by molar-refractivity contribution is 9.23. The van der Waals surface area contributed by atoms with Crippen LogP contribution >= 0.6 is 12.9 Å². The molecular formula is C10H14BrMgN. The maximum Gasteiger partial charge on any atom is 0.506 e. The molecule has 0 spiro atoms. The average molecular weight is 252 g/mol. The minimum Gasteiger partial charge on any atom is -0.372 e. The molecule has 1 nitrogen and oxygen atoms in total. The summed E-state index contributed by atoms with van der Waals surface area (Å²) < 4.78 is 1.47. The second-order valence-electron chi connectivity index (χ2n) is 2.97. The molecule has 0 aliphatic heterocycles. The van der Waals surface area contributed by atoms with E-state index in [9.17, 15) is 0 Å². The fraction of sp³-hybridized carbons (Fsp3) is 0.400. The van der Waals surface area contributed by atoms with E-state index in [1.165, 1.54) is 9.38 Å². The quantitative estimate of drug-likeness (QED) is 0.742. The van der Waals surface area contributed by atoms with Crippen LogP contribution < -0.4 is 8.59 Å². The van der Waals surface area contributed by atoms with Crippen LogP contribution in [0.4, 0.5) is 5.69 Å². The number of rotatable bonds is 4. The molecule has 0 radical (unpaired) electrons. The molecular weight excluding hydrogens is 238 g/mol. The molecule has 0 unspecified atom stereocenters. The minimum atomic E-state index is -0.168. The molecule has 1 aromatic carbocycles. The van der Waals surface area contributed by atoms with Crippen molar-refractivity contribution in [2.45, 2.75) is 13.8 Å². The van der Waals surface area contributed by atoms with Crippen molar-refractivity contribution < 1.29 is 0 Å². The Morgan fingerprint density at radius 3 is 2.08 bits per heavy atom. The van der Waals surface area contributed by atoms with E-state index >= 15 is 0 Å². The van der Waals surface area contributed by atoms with E-state index in [4.69, 9.17) is 0 Å². The second kappa shape index (κ2) is 5.88. The number of hydrogen-bond donors (Lipinski definition) is 0. The predicted octanol–water partition coefficient (Wildman–Crippen LogP) is 2.17. The molecule has 0 N–H and O–H groups in total. The Kier molecular flexibility index (Phi) is 5.13. The SMILES string of the molecule is CCN(CC)c1cc[c]([Mg][Br])cc1. The summed E-state index contributed by atoms with van der Waals surface area (Å²) in [6.07, 6.45) is 0. The van der Waals surface area contributed by atoms with Crippen molar-refractivity contribution >= 4 is 40.5 Å². The van der Waals surface area contributed by atoms with Gasteiger partial charge in [0.15, 0.2) is 0 Å². The highest BCUT2D eigenvalue weighted by Crippen LogP contribution is 2.11. The van der Waals surface area contributed by atoms with Crippen molar-refractivity contribution in [3.63, 3.8) is 0 Å². The molecule has 3 heteroatoms. The van der Waals surface area contributed by atoms with Gasteiger partial charge in [-0.05, 0) is 26.0 Å². The zero-order valence-electron chi connectivity index (χ0n) is 8.26. The zero-order valence-corrected chi connectivity index (χ0v) is 11.3. The fourth-order valence-electron chi connectivity index (χ4n) is 1.38. The van der Waals surface area contributed by atoms with Crippen molar-refractivity contribution in [3.05, 3.63) is 24.3 Å². The summed E-state index contributed by atoms with van der Waals surface area (Å²) >= 11 is 3.41. The monoisotopic (exact) mass is 251 g/mol. The molecule has 0 aromatic heterocycles. The van der Waals surface area contributed by atoms with E-state index in [-0.39, 0.29) is 18.2 Å². The number of nitrogens with zero attached hydrogens (tertiary/aromatic N) is 1. The molecule has 0 fully saturated rings. The van der Waals surface area contributed by atoms with Crippen molar-refractivity contribution in [1.29, 1.82) is 0 Å². The van der Waals surface area contributed by atoms with Gasteiger partial charge in [0.05, 0.1) is 0 Å². The minimum absolute atomic E-state index is 0.168. The molecule has 1 rings (SSSR count). The molecule has 1 aromatic rings. The Labute approximate surface area is 96.1 Å². The first kappa shape index (κ1) is 11.3. The lowest BCUT2D eigenvalue weighted by Crippen LogP contribution is -2.22. The van der Waals surface area contributed by atoms with Crippen LogP contribution in [-0.4, -0.2) is 31.3 Å². The molecule has 13 heavy (non-hydrogen) atoms. The van der Waals surface area contributed by atoms with Gasteiger partial charge in [0.25, 0.3) is 0 Å². The van der Waals surface area contributed by atoms with Gasteiger partial charge < -0.3 is 4.90 Å². The fourth-order valence-corrected chi connectivity index (χ4v) is 2.92. The van der Waals surface area contributed by atoms with Gasteiger partial charge in [-0.25, -0.2) is 0 Å². The lowest BCUT2D eigenvalue weighted by Gasteiger charge is -2.21. The van der Waals surface area contributed by atoms with Gasteiger partial charge in [-0.2, -0.15) is 3.69 Å². The Morgan fingerprint density at radius 1 is 1.15 bits per heavy atom. The van der Waals surface area contributed by atoms with Gasteiger partial charge in [-0.15, -0.1) is 0 Å². The molecule has 0 saturated carbocycles. The number of halogens is 1. The second-order valence-corrected chi connectivity index (χ2v) is 5.74. The van der Waals surface area contributed by atoms with Crippen molar-refractivity contribution in [1.82, 2.24) is 0 Å². The zero-order chi connectivity index (χ0) is 9.68. The Morgan fingerprint density at radius 2 is 1.69 bits per heavy atom. The Bertz CT molecular complexity index is 244. The van der Waals surface area contributed by atoms with Crippen molar-refractivity contribution in [2.75, 3.05) is 18.0 Å². The van der Waals surface area contributed by atoms with E-state index in [0.29, 0.717) is 0 Å². The molecule has 0 aliphatic carbocycles. The van der Waals surface area contributed by atoms with Gasteiger partial charge in [0.1, 0.15) is 0 Å².